The van der Waals surface area contributed by atoms with Crippen molar-refractivity contribution in [3.8, 4) is 0 Å². The van der Waals surface area contributed by atoms with E-state index in [1.807, 2.05) is 4.90 Å². The van der Waals surface area contributed by atoms with Crippen molar-refractivity contribution >= 4 is 11.6 Å². The summed E-state index contributed by atoms with van der Waals surface area (Å²) >= 11 is 0. The van der Waals surface area contributed by atoms with Crippen LogP contribution in [0.25, 0.3) is 0 Å². The van der Waals surface area contributed by atoms with Crippen molar-refractivity contribution in [2.24, 2.45) is 0 Å². The molecule has 1 aliphatic heterocycles. The number of hydrogen-bond donors (Lipinski definition) is 1. The molecule has 3 rings (SSSR count). The number of rotatable bonds is 6. The van der Waals surface area contributed by atoms with Crippen molar-refractivity contribution in [2.45, 2.75) is 64.0 Å². The second-order valence-corrected chi connectivity index (χ2v) is 7.66. The number of anilines is 1. The lowest BCUT2D eigenvalue weighted by molar-refractivity contribution is -0.130. The molecular weight excluding hydrogens is 310 g/mol. The highest BCUT2D eigenvalue weighted by Crippen LogP contribution is 2.24. The molecule has 2 fully saturated rings. The molecular formula is C21H33N3O. The quantitative estimate of drug-likeness (QED) is 0.851. The van der Waals surface area contributed by atoms with E-state index in [1.54, 1.807) is 0 Å². The number of para-hydroxylation sites is 1. The summed E-state index contributed by atoms with van der Waals surface area (Å²) in [5.74, 6) is 0.232. The zero-order valence-electron chi connectivity index (χ0n) is 15.7. The van der Waals surface area contributed by atoms with Crippen LogP contribution in [-0.2, 0) is 11.3 Å². The van der Waals surface area contributed by atoms with Crippen LogP contribution in [-0.4, -0.2) is 48.4 Å². The largest absolute Gasteiger partial charge is 0.376 e. The Balaban J connectivity index is 1.55. The van der Waals surface area contributed by atoms with E-state index in [-0.39, 0.29) is 5.91 Å². The fourth-order valence-electron chi connectivity index (χ4n) is 4.18. The SMILES string of the molecule is CN(Cc1ccccc1NCC(=O)N1CCCCC1)C1CCCCC1. The van der Waals surface area contributed by atoms with Crippen LogP contribution < -0.4 is 5.32 Å². The first-order valence-electron chi connectivity index (χ1n) is 10.0. The summed E-state index contributed by atoms with van der Waals surface area (Å²) in [6, 6.07) is 9.15. The van der Waals surface area contributed by atoms with Gasteiger partial charge in [0, 0.05) is 31.4 Å². The van der Waals surface area contributed by atoms with Crippen molar-refractivity contribution < 1.29 is 4.79 Å². The molecule has 4 heteroatoms. The molecule has 1 aromatic rings. The molecule has 1 saturated heterocycles. The van der Waals surface area contributed by atoms with Gasteiger partial charge in [0.25, 0.3) is 0 Å². The number of carbonyl (C=O) groups excluding carboxylic acids is 1. The molecule has 4 nitrogen and oxygen atoms in total. The van der Waals surface area contributed by atoms with Gasteiger partial charge in [-0.3, -0.25) is 9.69 Å². The Kier molecular flexibility index (Phi) is 6.74. The van der Waals surface area contributed by atoms with E-state index in [2.05, 4.69) is 41.5 Å². The van der Waals surface area contributed by atoms with Gasteiger partial charge in [0.1, 0.15) is 0 Å². The van der Waals surface area contributed by atoms with Gasteiger partial charge < -0.3 is 10.2 Å². The van der Waals surface area contributed by atoms with Crippen molar-refractivity contribution in [2.75, 3.05) is 32.0 Å². The predicted molar refractivity (Wildman–Crippen MR) is 104 cm³/mol. The lowest BCUT2D eigenvalue weighted by Crippen LogP contribution is -2.39. The molecule has 1 aromatic carbocycles. The van der Waals surface area contributed by atoms with E-state index in [4.69, 9.17) is 0 Å². The normalized spacial score (nSPS) is 19.2. The molecule has 1 aliphatic carbocycles. The van der Waals surface area contributed by atoms with Crippen LogP contribution in [0.2, 0.25) is 0 Å². The average molecular weight is 344 g/mol. The Morgan fingerprint density at radius 2 is 1.76 bits per heavy atom. The molecule has 0 spiro atoms. The molecule has 25 heavy (non-hydrogen) atoms. The van der Waals surface area contributed by atoms with Gasteiger partial charge in [-0.2, -0.15) is 0 Å². The Morgan fingerprint density at radius 3 is 2.52 bits per heavy atom. The maximum atomic E-state index is 12.4. The highest BCUT2D eigenvalue weighted by atomic mass is 16.2. The summed E-state index contributed by atoms with van der Waals surface area (Å²) in [4.78, 5) is 16.9. The van der Waals surface area contributed by atoms with Crippen LogP contribution in [0.15, 0.2) is 24.3 Å². The Labute approximate surface area is 152 Å². The van der Waals surface area contributed by atoms with Crippen molar-refractivity contribution in [1.82, 2.24) is 9.80 Å². The Bertz CT molecular complexity index is 548. The van der Waals surface area contributed by atoms with Gasteiger partial charge in [-0.15, -0.1) is 0 Å². The van der Waals surface area contributed by atoms with E-state index in [0.717, 1.165) is 38.2 Å². The Morgan fingerprint density at radius 1 is 1.08 bits per heavy atom. The number of carbonyl (C=O) groups is 1. The van der Waals surface area contributed by atoms with E-state index in [9.17, 15) is 4.79 Å². The maximum Gasteiger partial charge on any atom is 0.241 e. The molecule has 0 aromatic heterocycles. The summed E-state index contributed by atoms with van der Waals surface area (Å²) < 4.78 is 0. The number of nitrogens with zero attached hydrogens (tertiary/aromatic N) is 2. The fourth-order valence-corrected chi connectivity index (χ4v) is 4.18. The minimum atomic E-state index is 0.232. The number of piperidine rings is 1. The van der Waals surface area contributed by atoms with Gasteiger partial charge in [-0.05, 0) is 50.8 Å². The summed E-state index contributed by atoms with van der Waals surface area (Å²) in [6.45, 7) is 3.20. The van der Waals surface area contributed by atoms with Crippen LogP contribution in [0, 0.1) is 0 Å². The van der Waals surface area contributed by atoms with Crippen molar-refractivity contribution in [3.63, 3.8) is 0 Å². The molecule has 1 N–H and O–H groups in total. The predicted octanol–water partition coefficient (Wildman–Crippen LogP) is 3.88. The molecule has 2 aliphatic rings. The maximum absolute atomic E-state index is 12.4. The molecule has 0 atom stereocenters. The molecule has 1 heterocycles. The van der Waals surface area contributed by atoms with Gasteiger partial charge in [-0.25, -0.2) is 0 Å². The molecule has 138 valence electrons. The monoisotopic (exact) mass is 343 g/mol. The Hall–Kier alpha value is -1.55. The van der Waals surface area contributed by atoms with E-state index in [1.165, 1.54) is 44.1 Å². The van der Waals surface area contributed by atoms with Crippen LogP contribution in [0.3, 0.4) is 0 Å². The third kappa shape index (κ3) is 5.21. The summed E-state index contributed by atoms with van der Waals surface area (Å²) in [5, 5.41) is 3.40. The number of nitrogens with one attached hydrogen (secondary N) is 1. The van der Waals surface area contributed by atoms with Crippen molar-refractivity contribution in [1.29, 1.82) is 0 Å². The van der Waals surface area contributed by atoms with E-state index in [0.29, 0.717) is 12.6 Å². The highest BCUT2D eigenvalue weighted by molar-refractivity contribution is 5.81. The number of benzene rings is 1. The first-order valence-corrected chi connectivity index (χ1v) is 10.0. The van der Waals surface area contributed by atoms with Gasteiger partial charge in [-0.1, -0.05) is 37.5 Å². The van der Waals surface area contributed by atoms with Crippen LogP contribution in [0.1, 0.15) is 56.9 Å². The van der Waals surface area contributed by atoms with Crippen molar-refractivity contribution in [3.05, 3.63) is 29.8 Å². The average Bonchev–Trinajstić information content (AvgIpc) is 2.68. The summed E-state index contributed by atoms with van der Waals surface area (Å²) in [7, 11) is 2.24. The highest BCUT2D eigenvalue weighted by Gasteiger charge is 2.19. The zero-order chi connectivity index (χ0) is 17.5. The second kappa shape index (κ2) is 9.23. The third-order valence-electron chi connectivity index (χ3n) is 5.77. The first-order chi connectivity index (χ1) is 12.2. The number of amides is 1. The van der Waals surface area contributed by atoms with E-state index >= 15 is 0 Å². The topological polar surface area (TPSA) is 35.6 Å². The minimum absolute atomic E-state index is 0.232. The number of hydrogen-bond acceptors (Lipinski definition) is 3. The lowest BCUT2D eigenvalue weighted by atomic mass is 9.94. The molecule has 0 radical (unpaired) electrons. The standard InChI is InChI=1S/C21H33N3O/c1-23(19-11-4-2-5-12-19)17-18-10-6-7-13-20(18)22-16-21(25)24-14-8-3-9-15-24/h6-7,10,13,19,22H,2-5,8-9,11-12,14-17H2,1H3. The van der Waals surface area contributed by atoms with Gasteiger partial charge in [0.05, 0.1) is 6.54 Å². The first kappa shape index (κ1) is 18.2. The molecule has 1 amide bonds. The second-order valence-electron chi connectivity index (χ2n) is 7.66. The number of likely N-dealkylation sites (tertiary alicyclic amines) is 1. The molecule has 0 bridgehead atoms. The smallest absolute Gasteiger partial charge is 0.241 e. The van der Waals surface area contributed by atoms with E-state index < -0.39 is 0 Å². The third-order valence-corrected chi connectivity index (χ3v) is 5.77. The summed E-state index contributed by atoms with van der Waals surface area (Å²) in [5.41, 5.74) is 2.40. The van der Waals surface area contributed by atoms with Gasteiger partial charge in [0.2, 0.25) is 5.91 Å². The fraction of sp³-hybridized carbons (Fsp3) is 0.667. The lowest BCUT2D eigenvalue weighted by Gasteiger charge is -2.32. The summed E-state index contributed by atoms with van der Waals surface area (Å²) in [6.07, 6.45) is 10.3. The van der Waals surface area contributed by atoms with Gasteiger partial charge >= 0.3 is 0 Å². The van der Waals surface area contributed by atoms with Crippen LogP contribution in [0.4, 0.5) is 5.69 Å². The zero-order valence-corrected chi connectivity index (χ0v) is 15.7. The van der Waals surface area contributed by atoms with Crippen LogP contribution >= 0.6 is 0 Å². The minimum Gasteiger partial charge on any atom is -0.376 e. The van der Waals surface area contributed by atoms with Crippen LogP contribution in [0.5, 0.6) is 0 Å². The van der Waals surface area contributed by atoms with Gasteiger partial charge in [0.15, 0.2) is 0 Å². The molecule has 1 saturated carbocycles. The molecule has 0 unspecified atom stereocenters.